The smallest absolute Gasteiger partial charge is 0.277 e. The minimum absolute atomic E-state index is 0.0457. The number of carbonyl (C=O) groups excluding carboxylic acids is 1. The van der Waals surface area contributed by atoms with Crippen LogP contribution in [0.4, 0.5) is 11.5 Å². The molecule has 0 saturated heterocycles. The maximum atomic E-state index is 13.0. The number of anilines is 2. The molecule has 2 aromatic rings. The van der Waals surface area contributed by atoms with Gasteiger partial charge in [-0.25, -0.2) is 9.97 Å². The van der Waals surface area contributed by atoms with Gasteiger partial charge in [0.25, 0.3) is 5.91 Å². The lowest BCUT2D eigenvalue weighted by atomic mass is 10.2. The first-order valence-electron chi connectivity index (χ1n) is 8.56. The number of nitrogens with zero attached hydrogens (tertiary/aromatic N) is 4. The maximum absolute atomic E-state index is 13.0. The summed E-state index contributed by atoms with van der Waals surface area (Å²) in [5, 5.41) is 0. The zero-order chi connectivity index (χ0) is 17.1. The second-order valence-electron chi connectivity index (χ2n) is 6.27. The van der Waals surface area contributed by atoms with Gasteiger partial charge in [-0.3, -0.25) is 4.79 Å². The van der Waals surface area contributed by atoms with Crippen LogP contribution in [0.25, 0.3) is 0 Å². The van der Waals surface area contributed by atoms with Crippen LogP contribution in [0.2, 0.25) is 0 Å². The number of hydrogen-bond acceptors (Lipinski definition) is 4. The molecule has 0 spiro atoms. The van der Waals surface area contributed by atoms with Crippen LogP contribution in [0, 0.1) is 6.92 Å². The molecule has 24 heavy (non-hydrogen) atoms. The van der Waals surface area contributed by atoms with Crippen molar-refractivity contribution in [2.45, 2.75) is 33.1 Å². The molecule has 3 rings (SSSR count). The van der Waals surface area contributed by atoms with Gasteiger partial charge in [-0.15, -0.1) is 0 Å². The van der Waals surface area contributed by atoms with Gasteiger partial charge in [0.05, 0.1) is 0 Å². The third-order valence-corrected chi connectivity index (χ3v) is 4.41. The molecule has 1 aromatic carbocycles. The number of unbranched alkanes of at least 4 members (excludes halogenated alkanes) is 1. The van der Waals surface area contributed by atoms with E-state index in [1.165, 1.54) is 5.56 Å². The highest BCUT2D eigenvalue weighted by Crippen LogP contribution is 2.29. The van der Waals surface area contributed by atoms with Gasteiger partial charge in [0.1, 0.15) is 17.3 Å². The molecule has 0 N–H and O–H groups in total. The fraction of sp³-hybridized carbons (Fsp3) is 0.421. The molecular formula is C19H24N4O. The van der Waals surface area contributed by atoms with Crippen molar-refractivity contribution in [3.05, 3.63) is 47.4 Å². The summed E-state index contributed by atoms with van der Waals surface area (Å²) in [7, 11) is 2.01. The van der Waals surface area contributed by atoms with Crippen LogP contribution >= 0.6 is 0 Å². The molecule has 0 bridgehead atoms. The van der Waals surface area contributed by atoms with E-state index in [0.717, 1.165) is 37.3 Å². The molecule has 0 aliphatic carbocycles. The highest BCUT2D eigenvalue weighted by molar-refractivity contribution is 6.06. The Labute approximate surface area is 143 Å². The first-order chi connectivity index (χ1) is 11.6. The Morgan fingerprint density at radius 1 is 1.29 bits per heavy atom. The second kappa shape index (κ2) is 6.99. The molecular weight excluding hydrogens is 300 g/mol. The Morgan fingerprint density at radius 3 is 2.88 bits per heavy atom. The molecule has 5 heteroatoms. The molecule has 2 heterocycles. The van der Waals surface area contributed by atoms with E-state index in [1.54, 1.807) is 0 Å². The van der Waals surface area contributed by atoms with Crippen LogP contribution in [-0.4, -0.2) is 36.0 Å². The number of aryl methyl sites for hydroxylation is 1. The van der Waals surface area contributed by atoms with E-state index in [-0.39, 0.29) is 5.91 Å². The van der Waals surface area contributed by atoms with Gasteiger partial charge >= 0.3 is 0 Å². The monoisotopic (exact) mass is 324 g/mol. The van der Waals surface area contributed by atoms with Gasteiger partial charge in [0.2, 0.25) is 0 Å². The third kappa shape index (κ3) is 3.25. The second-order valence-corrected chi connectivity index (χ2v) is 6.27. The highest BCUT2D eigenvalue weighted by atomic mass is 16.2. The number of rotatable bonds is 5. The SMILES string of the molecule is CCCCN(C)c1cc(C(=O)N2CCc3ccccc32)nc(C)n1. The largest absolute Gasteiger partial charge is 0.360 e. The number of hydrogen-bond donors (Lipinski definition) is 0. The lowest BCUT2D eigenvalue weighted by Gasteiger charge is -2.20. The summed E-state index contributed by atoms with van der Waals surface area (Å²) in [5.74, 6) is 1.40. The van der Waals surface area contributed by atoms with Crippen molar-refractivity contribution >= 4 is 17.4 Å². The number of amides is 1. The normalized spacial score (nSPS) is 13.0. The lowest BCUT2D eigenvalue weighted by Crippen LogP contribution is -2.30. The molecule has 1 aliphatic heterocycles. The van der Waals surface area contributed by atoms with Gasteiger partial charge in [0.15, 0.2) is 0 Å². The molecule has 5 nitrogen and oxygen atoms in total. The zero-order valence-electron chi connectivity index (χ0n) is 14.6. The number of benzene rings is 1. The Kier molecular flexibility index (Phi) is 4.79. The molecule has 0 unspecified atom stereocenters. The van der Waals surface area contributed by atoms with Crippen molar-refractivity contribution in [1.82, 2.24) is 9.97 Å². The van der Waals surface area contributed by atoms with Gasteiger partial charge < -0.3 is 9.80 Å². The Bertz CT molecular complexity index is 744. The number of para-hydroxylation sites is 1. The fourth-order valence-corrected chi connectivity index (χ4v) is 3.05. The van der Waals surface area contributed by atoms with E-state index in [2.05, 4.69) is 27.9 Å². The molecule has 1 aromatic heterocycles. The minimum atomic E-state index is -0.0457. The number of aromatic nitrogens is 2. The van der Waals surface area contributed by atoms with Crippen molar-refractivity contribution < 1.29 is 4.79 Å². The van der Waals surface area contributed by atoms with Gasteiger partial charge in [0, 0.05) is 31.9 Å². The van der Waals surface area contributed by atoms with Crippen LogP contribution < -0.4 is 9.80 Å². The predicted octanol–water partition coefficient (Wildman–Crippen LogP) is 3.22. The predicted molar refractivity (Wildman–Crippen MR) is 96.8 cm³/mol. The van der Waals surface area contributed by atoms with E-state index < -0.39 is 0 Å². The summed E-state index contributed by atoms with van der Waals surface area (Å²) in [4.78, 5) is 25.8. The Hall–Kier alpha value is -2.43. The summed E-state index contributed by atoms with van der Waals surface area (Å²) in [6, 6.07) is 9.88. The van der Waals surface area contributed by atoms with E-state index in [0.29, 0.717) is 18.1 Å². The average molecular weight is 324 g/mol. The Morgan fingerprint density at radius 2 is 2.08 bits per heavy atom. The summed E-state index contributed by atoms with van der Waals surface area (Å²) >= 11 is 0. The lowest BCUT2D eigenvalue weighted by molar-refractivity contribution is 0.0984. The van der Waals surface area contributed by atoms with Crippen LogP contribution in [0.3, 0.4) is 0 Å². The van der Waals surface area contributed by atoms with Crippen molar-refractivity contribution in [3.63, 3.8) is 0 Å². The molecule has 1 amide bonds. The topological polar surface area (TPSA) is 49.3 Å². The van der Waals surface area contributed by atoms with Gasteiger partial charge in [-0.2, -0.15) is 0 Å². The van der Waals surface area contributed by atoms with Crippen molar-refractivity contribution in [2.24, 2.45) is 0 Å². The standard InChI is InChI=1S/C19H24N4O/c1-4-5-11-22(3)18-13-16(20-14(2)21-18)19(24)23-12-10-15-8-6-7-9-17(15)23/h6-9,13H,4-5,10-12H2,1-3H3. The zero-order valence-corrected chi connectivity index (χ0v) is 14.6. The summed E-state index contributed by atoms with van der Waals surface area (Å²) < 4.78 is 0. The summed E-state index contributed by atoms with van der Waals surface area (Å²) in [6.07, 6.45) is 3.13. The molecule has 126 valence electrons. The summed E-state index contributed by atoms with van der Waals surface area (Å²) in [6.45, 7) is 5.64. The number of carbonyl (C=O) groups is 1. The van der Waals surface area contributed by atoms with Crippen molar-refractivity contribution in [3.8, 4) is 0 Å². The average Bonchev–Trinajstić information content (AvgIpc) is 3.02. The minimum Gasteiger partial charge on any atom is -0.360 e. The van der Waals surface area contributed by atoms with Crippen LogP contribution in [0.5, 0.6) is 0 Å². The molecule has 1 aliphatic rings. The number of fused-ring (bicyclic) bond motifs is 1. The summed E-state index contributed by atoms with van der Waals surface area (Å²) in [5.41, 5.74) is 2.69. The quantitative estimate of drug-likeness (QED) is 0.847. The van der Waals surface area contributed by atoms with E-state index in [4.69, 9.17) is 0 Å². The van der Waals surface area contributed by atoms with Crippen LogP contribution in [0.1, 0.15) is 41.6 Å². The third-order valence-electron chi connectivity index (χ3n) is 4.41. The highest BCUT2D eigenvalue weighted by Gasteiger charge is 2.26. The molecule has 0 fully saturated rings. The molecule has 0 saturated carbocycles. The van der Waals surface area contributed by atoms with Gasteiger partial charge in [-0.05, 0) is 31.4 Å². The first kappa shape index (κ1) is 16.4. The van der Waals surface area contributed by atoms with Crippen LogP contribution in [-0.2, 0) is 6.42 Å². The fourth-order valence-electron chi connectivity index (χ4n) is 3.05. The van der Waals surface area contributed by atoms with Crippen LogP contribution in [0.15, 0.2) is 30.3 Å². The first-order valence-corrected chi connectivity index (χ1v) is 8.56. The maximum Gasteiger partial charge on any atom is 0.277 e. The van der Waals surface area contributed by atoms with Gasteiger partial charge in [-0.1, -0.05) is 31.5 Å². The van der Waals surface area contributed by atoms with E-state index in [9.17, 15) is 4.79 Å². The van der Waals surface area contributed by atoms with Crippen molar-refractivity contribution in [1.29, 1.82) is 0 Å². The van der Waals surface area contributed by atoms with E-state index in [1.807, 2.05) is 43.1 Å². The molecule has 0 atom stereocenters. The molecule has 0 radical (unpaired) electrons. The van der Waals surface area contributed by atoms with Crippen molar-refractivity contribution in [2.75, 3.05) is 29.9 Å². The van der Waals surface area contributed by atoms with E-state index >= 15 is 0 Å². The Balaban J connectivity index is 1.87.